The monoisotopic (exact) mass is 532 g/mol. The summed E-state index contributed by atoms with van der Waals surface area (Å²) in [5.41, 5.74) is 0.874. The van der Waals surface area contributed by atoms with Gasteiger partial charge in [0, 0.05) is 21.0 Å². The van der Waals surface area contributed by atoms with Crippen molar-refractivity contribution in [3.8, 4) is 11.5 Å². The van der Waals surface area contributed by atoms with Gasteiger partial charge >= 0.3 is 5.97 Å². The van der Waals surface area contributed by atoms with E-state index in [1.165, 1.54) is 18.9 Å². The molecule has 0 aromatic heterocycles. The van der Waals surface area contributed by atoms with Crippen molar-refractivity contribution in [2.24, 2.45) is 10.1 Å². The zero-order valence-electron chi connectivity index (χ0n) is 17.9. The van der Waals surface area contributed by atoms with Crippen LogP contribution in [0.4, 0.5) is 0 Å². The van der Waals surface area contributed by atoms with E-state index >= 15 is 0 Å². The third kappa shape index (κ3) is 4.69. The molecule has 1 unspecified atom stereocenters. The molecule has 4 rings (SSSR count). The Morgan fingerprint density at radius 3 is 2.88 bits per heavy atom. The van der Waals surface area contributed by atoms with E-state index in [0.717, 1.165) is 16.6 Å². The lowest BCUT2D eigenvalue weighted by molar-refractivity contribution is -0.139. The number of thioether (sulfide) groups is 1. The molecule has 0 aliphatic carbocycles. The van der Waals surface area contributed by atoms with Crippen LogP contribution in [-0.4, -0.2) is 46.6 Å². The highest BCUT2D eigenvalue weighted by Crippen LogP contribution is 2.40. The van der Waals surface area contributed by atoms with Gasteiger partial charge in [-0.25, -0.2) is 9.80 Å². The van der Waals surface area contributed by atoms with Crippen molar-refractivity contribution in [3.05, 3.63) is 57.0 Å². The summed E-state index contributed by atoms with van der Waals surface area (Å²) >= 11 is 4.90. The first-order valence-corrected chi connectivity index (χ1v) is 11.9. The van der Waals surface area contributed by atoms with Crippen LogP contribution in [0.1, 0.15) is 25.1 Å². The first kappa shape index (κ1) is 23.1. The average molecular weight is 533 g/mol. The van der Waals surface area contributed by atoms with E-state index in [1.54, 1.807) is 23.2 Å². The molecule has 0 radical (unpaired) electrons. The highest BCUT2D eigenvalue weighted by molar-refractivity contribution is 9.10. The van der Waals surface area contributed by atoms with Crippen LogP contribution >= 0.6 is 27.7 Å². The lowest BCUT2D eigenvalue weighted by atomic mass is 10.1. The van der Waals surface area contributed by atoms with Crippen LogP contribution < -0.4 is 25.4 Å². The zero-order valence-corrected chi connectivity index (χ0v) is 20.3. The van der Waals surface area contributed by atoms with E-state index in [1.807, 2.05) is 25.1 Å². The maximum Gasteiger partial charge on any atom is 0.341 e. The van der Waals surface area contributed by atoms with Crippen LogP contribution in [0.2, 0.25) is 0 Å². The second-order valence-corrected chi connectivity index (χ2v) is 9.13. The standard InChI is InChI=1S/C22H21BrN4O5S/c1-3-9-33-22-25-21(30)18-14-10-12(23)7-8-15(14)24-20(27(18)26-22)13-5-4-6-16(31-2)19(13)32-11-17(28)29/h4-8,10,20H,3,9,11H2,1-2H3,(H,28,29)(H,25,26,30). The number of carbonyl (C=O) groups excluding carboxylic acids is 1. The number of hydrazone groups is 1. The number of benzene rings is 2. The number of methoxy groups -OCH3 is 1. The Balaban J connectivity index is 1.93. The van der Waals surface area contributed by atoms with Crippen LogP contribution in [0.25, 0.3) is 5.70 Å². The first-order valence-electron chi connectivity index (χ1n) is 10.1. The number of fused-ring (bicyclic) bond motifs is 2. The smallest absolute Gasteiger partial charge is 0.341 e. The first-order chi connectivity index (χ1) is 15.9. The van der Waals surface area contributed by atoms with Crippen LogP contribution in [-0.2, 0) is 9.59 Å². The van der Waals surface area contributed by atoms with Crippen LogP contribution in [0.3, 0.4) is 0 Å². The second kappa shape index (κ2) is 9.84. The number of carbonyl (C=O) groups is 2. The zero-order chi connectivity index (χ0) is 23.5. The summed E-state index contributed by atoms with van der Waals surface area (Å²) in [5, 5.41) is 20.0. The molecule has 1 atom stereocenters. The van der Waals surface area contributed by atoms with Gasteiger partial charge in [0.15, 0.2) is 29.4 Å². The molecule has 2 aliphatic heterocycles. The molecule has 2 aromatic carbocycles. The number of halogens is 1. The molecule has 33 heavy (non-hydrogen) atoms. The molecular formula is C22H21BrN4O5S. The molecule has 0 spiro atoms. The van der Waals surface area contributed by atoms with Crippen LogP contribution in [0.5, 0.6) is 11.5 Å². The summed E-state index contributed by atoms with van der Waals surface area (Å²) in [7, 11) is 1.47. The number of carboxylic acids is 1. The molecule has 0 saturated heterocycles. The molecule has 11 heteroatoms. The molecule has 1 amide bonds. The summed E-state index contributed by atoms with van der Waals surface area (Å²) in [6.07, 6.45) is 0.152. The number of carboxylic acid groups (broad SMARTS) is 1. The number of aliphatic carboxylic acids is 1. The number of nitrogens with one attached hydrogen (secondary N) is 1. The minimum absolute atomic E-state index is 0.236. The summed E-state index contributed by atoms with van der Waals surface area (Å²) in [6, 6.07) is 10.7. The summed E-state index contributed by atoms with van der Waals surface area (Å²) < 4.78 is 11.8. The van der Waals surface area contributed by atoms with Gasteiger partial charge in [0.05, 0.1) is 12.5 Å². The van der Waals surface area contributed by atoms with Crippen molar-refractivity contribution in [3.63, 3.8) is 0 Å². The van der Waals surface area contributed by atoms with Gasteiger partial charge in [0.1, 0.15) is 5.70 Å². The Bertz CT molecular complexity index is 1270. The fourth-order valence-corrected chi connectivity index (χ4v) is 4.57. The van der Waals surface area contributed by atoms with Crippen molar-refractivity contribution in [1.82, 2.24) is 10.3 Å². The topological polar surface area (TPSA) is 113 Å². The Morgan fingerprint density at radius 2 is 2.15 bits per heavy atom. The fourth-order valence-electron chi connectivity index (χ4n) is 3.50. The van der Waals surface area contributed by atoms with E-state index in [9.17, 15) is 9.59 Å². The molecule has 172 valence electrons. The minimum Gasteiger partial charge on any atom is -0.493 e. The fraction of sp³-hybridized carbons (Fsp3) is 0.273. The predicted octanol–water partition coefficient (Wildman–Crippen LogP) is 2.21. The Morgan fingerprint density at radius 1 is 1.33 bits per heavy atom. The van der Waals surface area contributed by atoms with Gasteiger partial charge in [0.25, 0.3) is 5.91 Å². The molecule has 2 heterocycles. The lowest BCUT2D eigenvalue weighted by Gasteiger charge is -2.34. The number of hydrogen-bond donors (Lipinski definition) is 2. The van der Waals surface area contributed by atoms with Gasteiger partial charge < -0.3 is 14.6 Å². The molecule has 9 nitrogen and oxygen atoms in total. The number of ether oxygens (including phenoxy) is 2. The molecule has 2 N–H and O–H groups in total. The largest absolute Gasteiger partial charge is 0.493 e. The van der Waals surface area contributed by atoms with Crippen molar-refractivity contribution < 1.29 is 24.2 Å². The number of para-hydroxylation sites is 1. The number of amides is 1. The van der Waals surface area contributed by atoms with E-state index < -0.39 is 18.7 Å². The van der Waals surface area contributed by atoms with E-state index in [-0.39, 0.29) is 11.7 Å². The van der Waals surface area contributed by atoms with Gasteiger partial charge in [-0.1, -0.05) is 46.7 Å². The van der Waals surface area contributed by atoms with Gasteiger partial charge in [-0.15, -0.1) is 5.10 Å². The maximum absolute atomic E-state index is 13.2. The van der Waals surface area contributed by atoms with Crippen molar-refractivity contribution in [2.75, 3.05) is 19.5 Å². The Labute approximate surface area is 202 Å². The van der Waals surface area contributed by atoms with E-state index in [4.69, 9.17) is 24.7 Å². The number of hydrogen-bond acceptors (Lipinski definition) is 8. The molecule has 0 saturated carbocycles. The van der Waals surface area contributed by atoms with E-state index in [0.29, 0.717) is 32.8 Å². The molecule has 2 aliphatic rings. The van der Waals surface area contributed by atoms with Gasteiger partial charge in [-0.2, -0.15) is 0 Å². The lowest BCUT2D eigenvalue weighted by Crippen LogP contribution is -2.50. The maximum atomic E-state index is 13.2. The third-order valence-corrected chi connectivity index (χ3v) is 6.42. The van der Waals surface area contributed by atoms with Gasteiger partial charge in [0.2, 0.25) is 0 Å². The second-order valence-electron chi connectivity index (χ2n) is 7.13. The highest BCUT2D eigenvalue weighted by atomic mass is 79.9. The van der Waals surface area contributed by atoms with Crippen LogP contribution in [0.15, 0.2) is 51.0 Å². The Hall–Kier alpha value is -3.05. The summed E-state index contributed by atoms with van der Waals surface area (Å²) in [6.45, 7) is 1.49. The quantitative estimate of drug-likeness (QED) is 0.561. The molecule has 0 fully saturated rings. The predicted molar refractivity (Wildman–Crippen MR) is 127 cm³/mol. The molecular weight excluding hydrogens is 512 g/mol. The SMILES string of the molecule is CCCSC1=NN2C(=c3cc(Br)ccc3=NC2c2cccc(OC)c2OCC(=O)O)C(=O)N1. The van der Waals surface area contributed by atoms with Crippen molar-refractivity contribution in [2.45, 2.75) is 19.5 Å². The normalized spacial score (nSPS) is 16.8. The van der Waals surface area contributed by atoms with Crippen molar-refractivity contribution in [1.29, 1.82) is 0 Å². The average Bonchev–Trinajstić information content (AvgIpc) is 2.80. The van der Waals surface area contributed by atoms with Crippen LogP contribution in [0, 0.1) is 0 Å². The molecule has 0 bridgehead atoms. The van der Waals surface area contributed by atoms with Gasteiger partial charge in [-0.05, 0) is 30.7 Å². The summed E-state index contributed by atoms with van der Waals surface area (Å²) in [4.78, 5) is 29.2. The summed E-state index contributed by atoms with van der Waals surface area (Å²) in [5.74, 6) is -0.0290. The number of amidine groups is 1. The number of nitrogens with zero attached hydrogens (tertiary/aromatic N) is 3. The Kier molecular flexibility index (Phi) is 6.89. The molecule has 2 aromatic rings. The highest BCUT2D eigenvalue weighted by Gasteiger charge is 2.36. The number of rotatable bonds is 7. The van der Waals surface area contributed by atoms with E-state index in [2.05, 4.69) is 21.2 Å². The minimum atomic E-state index is -1.12. The third-order valence-electron chi connectivity index (χ3n) is 4.86. The van der Waals surface area contributed by atoms with Crippen molar-refractivity contribution >= 4 is 50.4 Å². The van der Waals surface area contributed by atoms with Gasteiger partial charge in [-0.3, -0.25) is 15.1 Å².